The van der Waals surface area contributed by atoms with Crippen molar-refractivity contribution in [2.45, 2.75) is 58.9 Å². The maximum absolute atomic E-state index is 3.77. The summed E-state index contributed by atoms with van der Waals surface area (Å²) >= 11 is 1.96. The minimum Gasteiger partial charge on any atom is -0.314 e. The van der Waals surface area contributed by atoms with E-state index in [1.54, 1.807) is 0 Å². The Morgan fingerprint density at radius 1 is 1.31 bits per heavy atom. The molecular formula is C14H29NS. The van der Waals surface area contributed by atoms with Gasteiger partial charge in [0.25, 0.3) is 0 Å². The second-order valence-corrected chi connectivity index (χ2v) is 7.17. The van der Waals surface area contributed by atoms with Crippen molar-refractivity contribution >= 4 is 11.8 Å². The maximum atomic E-state index is 3.77. The van der Waals surface area contributed by atoms with Gasteiger partial charge in [-0.2, -0.15) is 11.8 Å². The third-order valence-corrected chi connectivity index (χ3v) is 4.68. The first-order valence-electron chi connectivity index (χ1n) is 6.76. The van der Waals surface area contributed by atoms with Crippen molar-refractivity contribution in [2.24, 2.45) is 11.3 Å². The highest BCUT2D eigenvalue weighted by Gasteiger charge is 2.24. The zero-order valence-corrected chi connectivity index (χ0v) is 12.3. The summed E-state index contributed by atoms with van der Waals surface area (Å²) in [4.78, 5) is 0. The Morgan fingerprint density at radius 2 is 2.06 bits per heavy atom. The molecule has 0 aliphatic heterocycles. The largest absolute Gasteiger partial charge is 0.314 e. The van der Waals surface area contributed by atoms with Crippen LogP contribution in [0.1, 0.15) is 52.9 Å². The van der Waals surface area contributed by atoms with Gasteiger partial charge in [-0.1, -0.05) is 27.2 Å². The fraction of sp³-hybridized carbons (Fsp3) is 1.00. The molecule has 2 atom stereocenters. The summed E-state index contributed by atoms with van der Waals surface area (Å²) < 4.78 is 0. The van der Waals surface area contributed by atoms with Crippen molar-refractivity contribution in [3.63, 3.8) is 0 Å². The van der Waals surface area contributed by atoms with Gasteiger partial charge in [-0.05, 0) is 55.6 Å². The van der Waals surface area contributed by atoms with Crippen molar-refractivity contribution in [2.75, 3.05) is 18.6 Å². The van der Waals surface area contributed by atoms with Gasteiger partial charge in [0.15, 0.2) is 0 Å². The van der Waals surface area contributed by atoms with E-state index in [1.165, 1.54) is 44.4 Å². The van der Waals surface area contributed by atoms with Gasteiger partial charge in [0.05, 0.1) is 0 Å². The molecule has 16 heavy (non-hydrogen) atoms. The predicted octanol–water partition coefficient (Wildman–Crippen LogP) is 3.93. The number of thioether (sulfide) groups is 1. The van der Waals surface area contributed by atoms with Crippen LogP contribution in [0.5, 0.6) is 0 Å². The van der Waals surface area contributed by atoms with Crippen LogP contribution in [-0.4, -0.2) is 24.6 Å². The molecule has 0 saturated heterocycles. The third kappa shape index (κ3) is 5.58. The van der Waals surface area contributed by atoms with Gasteiger partial charge in [-0.3, -0.25) is 0 Å². The number of nitrogens with one attached hydrogen (secondary N) is 1. The van der Waals surface area contributed by atoms with Gasteiger partial charge in [0.2, 0.25) is 0 Å². The van der Waals surface area contributed by atoms with Gasteiger partial charge in [0, 0.05) is 6.04 Å². The first-order valence-corrected chi connectivity index (χ1v) is 8.15. The van der Waals surface area contributed by atoms with Gasteiger partial charge in [0.1, 0.15) is 0 Å². The molecule has 2 heteroatoms. The highest BCUT2D eigenvalue weighted by Crippen LogP contribution is 2.33. The minimum absolute atomic E-state index is 0.585. The zero-order valence-electron chi connectivity index (χ0n) is 11.5. The molecule has 2 unspecified atom stereocenters. The average molecular weight is 243 g/mol. The van der Waals surface area contributed by atoms with E-state index in [0.717, 1.165) is 12.0 Å². The van der Waals surface area contributed by atoms with E-state index in [-0.39, 0.29) is 0 Å². The van der Waals surface area contributed by atoms with E-state index < -0.39 is 0 Å². The lowest BCUT2D eigenvalue weighted by Gasteiger charge is -2.22. The van der Waals surface area contributed by atoms with Gasteiger partial charge < -0.3 is 5.32 Å². The smallest absolute Gasteiger partial charge is 0.00673 e. The summed E-state index contributed by atoms with van der Waals surface area (Å²) in [6, 6.07) is 0.783. The fourth-order valence-electron chi connectivity index (χ4n) is 2.58. The van der Waals surface area contributed by atoms with Crippen LogP contribution >= 0.6 is 11.8 Å². The molecule has 1 nitrogen and oxygen atoms in total. The molecule has 0 bridgehead atoms. The van der Waals surface area contributed by atoms with Crippen LogP contribution in [0, 0.1) is 11.3 Å². The Balaban J connectivity index is 2.22. The van der Waals surface area contributed by atoms with Gasteiger partial charge in [-0.25, -0.2) is 0 Å². The van der Waals surface area contributed by atoms with Crippen molar-refractivity contribution in [1.82, 2.24) is 5.32 Å². The predicted molar refractivity (Wildman–Crippen MR) is 76.2 cm³/mol. The third-order valence-electron chi connectivity index (χ3n) is 3.78. The Bertz CT molecular complexity index is 191. The monoisotopic (exact) mass is 243 g/mol. The molecule has 0 radical (unpaired) electrons. The van der Waals surface area contributed by atoms with Crippen molar-refractivity contribution in [3.05, 3.63) is 0 Å². The summed E-state index contributed by atoms with van der Waals surface area (Å²) in [5.74, 6) is 2.09. The summed E-state index contributed by atoms with van der Waals surface area (Å²) in [5.41, 5.74) is 0.585. The molecule has 1 fully saturated rings. The van der Waals surface area contributed by atoms with Crippen LogP contribution in [0.3, 0.4) is 0 Å². The van der Waals surface area contributed by atoms with Crippen molar-refractivity contribution in [1.29, 1.82) is 0 Å². The number of rotatable bonds is 5. The van der Waals surface area contributed by atoms with E-state index in [1.807, 2.05) is 11.8 Å². The maximum Gasteiger partial charge on any atom is 0.00673 e. The van der Waals surface area contributed by atoms with E-state index in [0.29, 0.717) is 5.41 Å². The molecule has 1 rings (SSSR count). The highest BCUT2D eigenvalue weighted by molar-refractivity contribution is 7.98. The molecule has 0 heterocycles. The van der Waals surface area contributed by atoms with Crippen LogP contribution in [0.4, 0.5) is 0 Å². The summed E-state index contributed by atoms with van der Waals surface area (Å²) in [5, 5.41) is 3.77. The fourth-order valence-corrected chi connectivity index (χ4v) is 3.26. The summed E-state index contributed by atoms with van der Waals surface area (Å²) in [7, 11) is 0. The molecule has 0 aromatic carbocycles. The van der Waals surface area contributed by atoms with E-state index in [9.17, 15) is 0 Å². The Hall–Kier alpha value is 0.310. The minimum atomic E-state index is 0.585. The molecule has 0 spiro atoms. The van der Waals surface area contributed by atoms with Crippen LogP contribution in [0.2, 0.25) is 0 Å². The normalized spacial score (nSPS) is 27.4. The second-order valence-electron chi connectivity index (χ2n) is 6.26. The Morgan fingerprint density at radius 3 is 2.75 bits per heavy atom. The molecule has 0 aromatic rings. The molecule has 96 valence electrons. The molecule has 1 aliphatic rings. The van der Waals surface area contributed by atoms with Gasteiger partial charge >= 0.3 is 0 Å². The first kappa shape index (κ1) is 14.4. The standard InChI is InChI=1S/C14H29NS/c1-12(11-16-4)10-15-13-6-5-8-14(2,3)9-7-13/h12-13,15H,5-11H2,1-4H3. The van der Waals surface area contributed by atoms with Crippen molar-refractivity contribution < 1.29 is 0 Å². The second kappa shape index (κ2) is 6.90. The molecule has 0 amide bonds. The SMILES string of the molecule is CSCC(C)CNC1CCCC(C)(C)CC1. The van der Waals surface area contributed by atoms with E-state index in [2.05, 4.69) is 32.3 Å². The lowest BCUT2D eigenvalue weighted by Crippen LogP contribution is -2.33. The van der Waals surface area contributed by atoms with E-state index in [4.69, 9.17) is 0 Å². The average Bonchev–Trinajstić information content (AvgIpc) is 2.37. The number of hydrogen-bond acceptors (Lipinski definition) is 2. The van der Waals surface area contributed by atoms with Crippen LogP contribution in [-0.2, 0) is 0 Å². The van der Waals surface area contributed by atoms with E-state index >= 15 is 0 Å². The lowest BCUT2D eigenvalue weighted by molar-refractivity contribution is 0.309. The highest BCUT2D eigenvalue weighted by atomic mass is 32.2. The topological polar surface area (TPSA) is 12.0 Å². The molecular weight excluding hydrogens is 214 g/mol. The molecule has 1 N–H and O–H groups in total. The molecule has 1 saturated carbocycles. The quantitative estimate of drug-likeness (QED) is 0.734. The van der Waals surface area contributed by atoms with Crippen molar-refractivity contribution in [3.8, 4) is 0 Å². The molecule has 1 aliphatic carbocycles. The summed E-state index contributed by atoms with van der Waals surface area (Å²) in [6.45, 7) is 8.40. The number of hydrogen-bond donors (Lipinski definition) is 1. The van der Waals surface area contributed by atoms with Crippen LogP contribution in [0.25, 0.3) is 0 Å². The van der Waals surface area contributed by atoms with Crippen LogP contribution in [0.15, 0.2) is 0 Å². The summed E-state index contributed by atoms with van der Waals surface area (Å²) in [6.07, 6.45) is 9.16. The first-order chi connectivity index (χ1) is 7.53. The van der Waals surface area contributed by atoms with Crippen LogP contribution < -0.4 is 5.32 Å². The zero-order chi connectivity index (χ0) is 12.0. The van der Waals surface area contributed by atoms with Gasteiger partial charge in [-0.15, -0.1) is 0 Å². The Labute approximate surface area is 106 Å². The molecule has 0 aromatic heterocycles. The lowest BCUT2D eigenvalue weighted by atomic mass is 9.85. The Kier molecular flexibility index (Phi) is 6.20.